The Morgan fingerprint density at radius 1 is 1.28 bits per heavy atom. The smallest absolute Gasteiger partial charge is 0.119 e. The van der Waals surface area contributed by atoms with Gasteiger partial charge in [-0.1, -0.05) is 24.3 Å². The van der Waals surface area contributed by atoms with Crippen LogP contribution in [0, 0.1) is 5.92 Å². The van der Waals surface area contributed by atoms with Crippen LogP contribution in [-0.2, 0) is 6.42 Å². The predicted molar refractivity (Wildman–Crippen MR) is 74.9 cm³/mol. The third-order valence-electron chi connectivity index (χ3n) is 3.86. The van der Waals surface area contributed by atoms with Crippen LogP contribution in [0.25, 0.3) is 10.8 Å². The molecule has 18 heavy (non-hydrogen) atoms. The second-order valence-electron chi connectivity index (χ2n) is 5.21. The van der Waals surface area contributed by atoms with Crippen molar-refractivity contribution in [2.45, 2.75) is 25.3 Å². The van der Waals surface area contributed by atoms with Gasteiger partial charge in [0.25, 0.3) is 0 Å². The number of hydrogen-bond donors (Lipinski definition) is 1. The number of nitrogens with two attached hydrogens (primary N) is 1. The van der Waals surface area contributed by atoms with E-state index in [4.69, 9.17) is 10.5 Å². The van der Waals surface area contributed by atoms with Gasteiger partial charge in [0.2, 0.25) is 0 Å². The predicted octanol–water partition coefficient (Wildman–Crippen LogP) is 3.13. The molecule has 1 atom stereocenters. The fourth-order valence-corrected chi connectivity index (χ4v) is 2.57. The van der Waals surface area contributed by atoms with Crippen molar-refractivity contribution < 1.29 is 4.74 Å². The van der Waals surface area contributed by atoms with Gasteiger partial charge in [-0.25, -0.2) is 0 Å². The normalized spacial score (nSPS) is 16.8. The van der Waals surface area contributed by atoms with E-state index in [-0.39, 0.29) is 0 Å². The molecule has 1 saturated carbocycles. The Morgan fingerprint density at radius 2 is 2.11 bits per heavy atom. The molecule has 2 aromatic rings. The number of rotatable bonds is 4. The molecular weight excluding hydrogens is 222 g/mol. The molecule has 2 N–H and O–H groups in total. The Morgan fingerprint density at radius 3 is 2.83 bits per heavy atom. The third-order valence-corrected chi connectivity index (χ3v) is 3.86. The topological polar surface area (TPSA) is 35.2 Å². The lowest BCUT2D eigenvalue weighted by atomic mass is 9.97. The monoisotopic (exact) mass is 241 g/mol. The summed E-state index contributed by atoms with van der Waals surface area (Å²) in [4.78, 5) is 0. The molecule has 3 rings (SSSR count). The minimum Gasteiger partial charge on any atom is -0.497 e. The first-order valence-electron chi connectivity index (χ1n) is 6.59. The lowest BCUT2D eigenvalue weighted by molar-refractivity contribution is 0.415. The molecule has 1 aliphatic rings. The third kappa shape index (κ3) is 2.21. The molecule has 2 heteroatoms. The summed E-state index contributed by atoms with van der Waals surface area (Å²) in [6, 6.07) is 13.0. The molecule has 1 fully saturated rings. The molecule has 0 aromatic heterocycles. The molecule has 0 saturated heterocycles. The highest BCUT2D eigenvalue weighted by Gasteiger charge is 2.28. The van der Waals surface area contributed by atoms with Gasteiger partial charge in [0, 0.05) is 6.04 Å². The van der Waals surface area contributed by atoms with E-state index in [1.165, 1.54) is 29.2 Å². The minimum absolute atomic E-state index is 0.307. The summed E-state index contributed by atoms with van der Waals surface area (Å²) in [5.41, 5.74) is 7.58. The van der Waals surface area contributed by atoms with Gasteiger partial charge in [0.15, 0.2) is 0 Å². The Hall–Kier alpha value is -1.54. The van der Waals surface area contributed by atoms with E-state index in [0.29, 0.717) is 6.04 Å². The van der Waals surface area contributed by atoms with Crippen molar-refractivity contribution in [2.75, 3.05) is 7.11 Å². The molecule has 2 nitrogen and oxygen atoms in total. The van der Waals surface area contributed by atoms with E-state index in [9.17, 15) is 0 Å². The Bertz CT molecular complexity index is 560. The zero-order valence-electron chi connectivity index (χ0n) is 10.7. The molecule has 0 aliphatic heterocycles. The molecule has 0 bridgehead atoms. The minimum atomic E-state index is 0.307. The van der Waals surface area contributed by atoms with Crippen molar-refractivity contribution in [3.63, 3.8) is 0 Å². The van der Waals surface area contributed by atoms with Gasteiger partial charge in [-0.3, -0.25) is 0 Å². The van der Waals surface area contributed by atoms with Gasteiger partial charge in [-0.15, -0.1) is 0 Å². The number of methoxy groups -OCH3 is 1. The summed E-state index contributed by atoms with van der Waals surface area (Å²) in [5.74, 6) is 1.65. The fourth-order valence-electron chi connectivity index (χ4n) is 2.57. The Kier molecular flexibility index (Phi) is 2.96. The van der Waals surface area contributed by atoms with Gasteiger partial charge < -0.3 is 10.5 Å². The maximum atomic E-state index is 6.24. The SMILES string of the molecule is COc1ccc2cccc(CC(N)C3CC3)c2c1. The van der Waals surface area contributed by atoms with E-state index >= 15 is 0 Å². The van der Waals surface area contributed by atoms with E-state index in [1.807, 2.05) is 6.07 Å². The maximum absolute atomic E-state index is 6.24. The second kappa shape index (κ2) is 4.62. The van der Waals surface area contributed by atoms with Crippen LogP contribution in [0.3, 0.4) is 0 Å². The molecule has 94 valence electrons. The maximum Gasteiger partial charge on any atom is 0.119 e. The molecule has 0 spiro atoms. The zero-order valence-corrected chi connectivity index (χ0v) is 10.7. The van der Waals surface area contributed by atoms with Gasteiger partial charge in [-0.2, -0.15) is 0 Å². The van der Waals surface area contributed by atoms with E-state index in [0.717, 1.165) is 18.1 Å². The van der Waals surface area contributed by atoms with Crippen LogP contribution >= 0.6 is 0 Å². The Labute approximate surface area is 108 Å². The van der Waals surface area contributed by atoms with Crippen molar-refractivity contribution in [1.82, 2.24) is 0 Å². The quantitative estimate of drug-likeness (QED) is 0.892. The van der Waals surface area contributed by atoms with Crippen LogP contribution < -0.4 is 10.5 Å². The highest BCUT2D eigenvalue weighted by Crippen LogP contribution is 2.34. The summed E-state index contributed by atoms with van der Waals surface area (Å²) in [7, 11) is 1.71. The van der Waals surface area contributed by atoms with Crippen LogP contribution in [0.4, 0.5) is 0 Å². The molecule has 0 heterocycles. The van der Waals surface area contributed by atoms with Crippen molar-refractivity contribution in [3.8, 4) is 5.75 Å². The molecule has 1 aliphatic carbocycles. The molecule has 0 radical (unpaired) electrons. The number of fused-ring (bicyclic) bond motifs is 1. The van der Waals surface area contributed by atoms with Crippen LogP contribution in [0.2, 0.25) is 0 Å². The van der Waals surface area contributed by atoms with Crippen molar-refractivity contribution in [3.05, 3.63) is 42.0 Å². The highest BCUT2D eigenvalue weighted by molar-refractivity contribution is 5.87. The van der Waals surface area contributed by atoms with E-state index < -0.39 is 0 Å². The summed E-state index contributed by atoms with van der Waals surface area (Å²) in [6.07, 6.45) is 3.57. The highest BCUT2D eigenvalue weighted by atomic mass is 16.5. The van der Waals surface area contributed by atoms with Crippen LogP contribution in [0.1, 0.15) is 18.4 Å². The summed E-state index contributed by atoms with van der Waals surface area (Å²) < 4.78 is 5.31. The zero-order chi connectivity index (χ0) is 12.5. The van der Waals surface area contributed by atoms with Gasteiger partial charge >= 0.3 is 0 Å². The van der Waals surface area contributed by atoms with Crippen LogP contribution in [0.5, 0.6) is 5.75 Å². The fraction of sp³-hybridized carbons (Fsp3) is 0.375. The van der Waals surface area contributed by atoms with Crippen molar-refractivity contribution >= 4 is 10.8 Å². The first kappa shape index (κ1) is 11.5. The largest absolute Gasteiger partial charge is 0.497 e. The van der Waals surface area contributed by atoms with Crippen LogP contribution in [-0.4, -0.2) is 13.2 Å². The number of benzene rings is 2. The second-order valence-corrected chi connectivity index (χ2v) is 5.21. The van der Waals surface area contributed by atoms with Crippen molar-refractivity contribution in [2.24, 2.45) is 11.7 Å². The van der Waals surface area contributed by atoms with E-state index in [1.54, 1.807) is 7.11 Å². The average Bonchev–Trinajstić information content (AvgIpc) is 3.23. The van der Waals surface area contributed by atoms with Crippen LogP contribution in [0.15, 0.2) is 36.4 Å². The molecular formula is C16H19NO. The summed E-state index contributed by atoms with van der Waals surface area (Å²) in [6.45, 7) is 0. The number of hydrogen-bond acceptors (Lipinski definition) is 2. The van der Waals surface area contributed by atoms with Crippen molar-refractivity contribution in [1.29, 1.82) is 0 Å². The van der Waals surface area contributed by atoms with Gasteiger partial charge in [0.05, 0.1) is 7.11 Å². The lowest BCUT2D eigenvalue weighted by Gasteiger charge is -2.13. The number of ether oxygens (including phenoxy) is 1. The molecule has 0 amide bonds. The Balaban J connectivity index is 1.98. The van der Waals surface area contributed by atoms with E-state index in [2.05, 4.69) is 30.3 Å². The standard InChI is InChI=1S/C16H19NO/c1-18-14-8-7-11-3-2-4-13(15(11)10-14)9-16(17)12-5-6-12/h2-4,7-8,10,12,16H,5-6,9,17H2,1H3. The molecule has 2 aromatic carbocycles. The lowest BCUT2D eigenvalue weighted by Crippen LogP contribution is -2.25. The first-order valence-corrected chi connectivity index (χ1v) is 6.59. The first-order chi connectivity index (χ1) is 8.78. The molecule has 1 unspecified atom stereocenters. The summed E-state index contributed by atoms with van der Waals surface area (Å²) >= 11 is 0. The van der Waals surface area contributed by atoms with Gasteiger partial charge in [-0.05, 0) is 53.6 Å². The van der Waals surface area contributed by atoms with Gasteiger partial charge in [0.1, 0.15) is 5.75 Å². The summed E-state index contributed by atoms with van der Waals surface area (Å²) in [5, 5.41) is 2.53. The average molecular weight is 241 g/mol.